The number of para-hydroxylation sites is 1. The van der Waals surface area contributed by atoms with Crippen LogP contribution in [0.4, 0.5) is 0 Å². The van der Waals surface area contributed by atoms with Crippen molar-refractivity contribution in [1.82, 2.24) is 4.98 Å². The molecule has 0 saturated heterocycles. The number of pyridine rings is 1. The number of rotatable bonds is 4. The molecule has 0 atom stereocenters. The van der Waals surface area contributed by atoms with Crippen LogP contribution in [0.2, 0.25) is 0 Å². The Labute approximate surface area is 102 Å². The van der Waals surface area contributed by atoms with Crippen LogP contribution in [0.15, 0.2) is 24.3 Å². The van der Waals surface area contributed by atoms with Crippen LogP contribution in [-0.2, 0) is 6.42 Å². The fourth-order valence-electron chi connectivity index (χ4n) is 2.02. The maximum Gasteiger partial charge on any atom is 0.145 e. The summed E-state index contributed by atoms with van der Waals surface area (Å²) in [6.07, 6.45) is 1.99. The van der Waals surface area contributed by atoms with E-state index in [0.717, 1.165) is 41.7 Å². The Hall–Kier alpha value is -1.61. The molecule has 2 rings (SSSR count). The summed E-state index contributed by atoms with van der Waals surface area (Å²) in [5, 5.41) is 1.13. The number of aryl methyl sites for hydroxylation is 2. The molecular formula is C14H18N2O. The lowest BCUT2D eigenvalue weighted by atomic mass is 10.0. The van der Waals surface area contributed by atoms with Crippen molar-refractivity contribution >= 4 is 10.9 Å². The minimum absolute atomic E-state index is 0.718. The third-order valence-corrected chi connectivity index (χ3v) is 2.97. The zero-order chi connectivity index (χ0) is 12.3. The quantitative estimate of drug-likeness (QED) is 0.877. The van der Waals surface area contributed by atoms with E-state index >= 15 is 0 Å². The SMILES string of the molecule is COc1cccc2cc(CCCN)c(C)nc12. The highest BCUT2D eigenvalue weighted by Crippen LogP contribution is 2.25. The highest BCUT2D eigenvalue weighted by molar-refractivity contribution is 5.85. The predicted molar refractivity (Wildman–Crippen MR) is 70.4 cm³/mol. The molecular weight excluding hydrogens is 212 g/mol. The Morgan fingerprint density at radius 2 is 2.18 bits per heavy atom. The van der Waals surface area contributed by atoms with E-state index in [1.807, 2.05) is 19.1 Å². The van der Waals surface area contributed by atoms with Gasteiger partial charge in [0.15, 0.2) is 0 Å². The smallest absolute Gasteiger partial charge is 0.145 e. The number of methoxy groups -OCH3 is 1. The molecule has 0 bridgehead atoms. The molecule has 1 heterocycles. The maximum absolute atomic E-state index is 5.54. The summed E-state index contributed by atoms with van der Waals surface area (Å²) in [5.41, 5.74) is 8.82. The molecule has 1 aromatic heterocycles. The van der Waals surface area contributed by atoms with Gasteiger partial charge in [-0.1, -0.05) is 12.1 Å². The Bertz CT molecular complexity index is 523. The number of hydrogen-bond donors (Lipinski definition) is 1. The number of ether oxygens (including phenoxy) is 1. The molecule has 0 fully saturated rings. The summed E-state index contributed by atoms with van der Waals surface area (Å²) in [6.45, 7) is 2.76. The van der Waals surface area contributed by atoms with Gasteiger partial charge >= 0.3 is 0 Å². The summed E-state index contributed by atoms with van der Waals surface area (Å²) < 4.78 is 5.32. The molecule has 0 unspecified atom stereocenters. The first-order valence-corrected chi connectivity index (χ1v) is 5.89. The van der Waals surface area contributed by atoms with Crippen LogP contribution >= 0.6 is 0 Å². The van der Waals surface area contributed by atoms with Crippen molar-refractivity contribution in [2.75, 3.05) is 13.7 Å². The number of hydrogen-bond acceptors (Lipinski definition) is 3. The summed E-state index contributed by atoms with van der Waals surface area (Å²) in [7, 11) is 1.67. The van der Waals surface area contributed by atoms with E-state index in [0.29, 0.717) is 0 Å². The van der Waals surface area contributed by atoms with E-state index < -0.39 is 0 Å². The molecule has 17 heavy (non-hydrogen) atoms. The first-order chi connectivity index (χ1) is 8.26. The molecule has 2 aromatic rings. The van der Waals surface area contributed by atoms with Gasteiger partial charge in [-0.15, -0.1) is 0 Å². The zero-order valence-corrected chi connectivity index (χ0v) is 10.4. The molecule has 3 nitrogen and oxygen atoms in total. The van der Waals surface area contributed by atoms with Crippen LogP contribution in [-0.4, -0.2) is 18.6 Å². The zero-order valence-electron chi connectivity index (χ0n) is 10.4. The summed E-state index contributed by atoms with van der Waals surface area (Å²) in [6, 6.07) is 8.19. The third-order valence-electron chi connectivity index (χ3n) is 2.97. The van der Waals surface area contributed by atoms with E-state index in [2.05, 4.69) is 17.1 Å². The largest absolute Gasteiger partial charge is 0.494 e. The third kappa shape index (κ3) is 2.39. The van der Waals surface area contributed by atoms with Crippen molar-refractivity contribution < 1.29 is 4.74 Å². The molecule has 3 heteroatoms. The van der Waals surface area contributed by atoms with Crippen molar-refractivity contribution in [1.29, 1.82) is 0 Å². The van der Waals surface area contributed by atoms with Crippen molar-refractivity contribution in [3.05, 3.63) is 35.5 Å². The van der Waals surface area contributed by atoms with Gasteiger partial charge in [-0.3, -0.25) is 0 Å². The highest BCUT2D eigenvalue weighted by atomic mass is 16.5. The van der Waals surface area contributed by atoms with E-state index in [9.17, 15) is 0 Å². The first kappa shape index (κ1) is 11.9. The molecule has 0 aliphatic carbocycles. The number of benzene rings is 1. The molecule has 0 spiro atoms. The Kier molecular flexibility index (Phi) is 3.59. The summed E-state index contributed by atoms with van der Waals surface area (Å²) >= 11 is 0. The second-order valence-electron chi connectivity index (χ2n) is 4.16. The standard InChI is InChI=1S/C14H18N2O/c1-10-11(6-4-8-15)9-12-5-3-7-13(17-2)14(12)16-10/h3,5,7,9H,4,6,8,15H2,1-2H3. The molecule has 0 aliphatic heterocycles. The maximum atomic E-state index is 5.54. The molecule has 0 radical (unpaired) electrons. The van der Waals surface area contributed by atoms with Crippen molar-refractivity contribution in [3.8, 4) is 5.75 Å². The Morgan fingerprint density at radius 3 is 2.88 bits per heavy atom. The second kappa shape index (κ2) is 5.15. The van der Waals surface area contributed by atoms with Gasteiger partial charge in [-0.05, 0) is 44.0 Å². The normalized spacial score (nSPS) is 10.8. The van der Waals surface area contributed by atoms with Gasteiger partial charge in [0.25, 0.3) is 0 Å². The molecule has 0 aliphatic rings. The molecule has 1 aromatic carbocycles. The minimum Gasteiger partial charge on any atom is -0.494 e. The van der Waals surface area contributed by atoms with Crippen LogP contribution in [0, 0.1) is 6.92 Å². The number of nitrogens with zero attached hydrogens (tertiary/aromatic N) is 1. The van der Waals surface area contributed by atoms with Crippen LogP contribution in [0.25, 0.3) is 10.9 Å². The Balaban J connectivity index is 2.50. The van der Waals surface area contributed by atoms with E-state index in [1.165, 1.54) is 5.56 Å². The fraction of sp³-hybridized carbons (Fsp3) is 0.357. The van der Waals surface area contributed by atoms with Gasteiger partial charge in [0.2, 0.25) is 0 Å². The predicted octanol–water partition coefficient (Wildman–Crippen LogP) is 2.44. The lowest BCUT2D eigenvalue weighted by molar-refractivity contribution is 0.419. The fourth-order valence-corrected chi connectivity index (χ4v) is 2.02. The number of aromatic nitrogens is 1. The number of fused-ring (bicyclic) bond motifs is 1. The topological polar surface area (TPSA) is 48.1 Å². The average Bonchev–Trinajstić information content (AvgIpc) is 2.35. The lowest BCUT2D eigenvalue weighted by Crippen LogP contribution is -2.02. The van der Waals surface area contributed by atoms with Gasteiger partial charge in [0.1, 0.15) is 11.3 Å². The van der Waals surface area contributed by atoms with E-state index in [-0.39, 0.29) is 0 Å². The van der Waals surface area contributed by atoms with Gasteiger partial charge in [0.05, 0.1) is 7.11 Å². The van der Waals surface area contributed by atoms with Gasteiger partial charge < -0.3 is 10.5 Å². The first-order valence-electron chi connectivity index (χ1n) is 5.89. The molecule has 0 saturated carbocycles. The highest BCUT2D eigenvalue weighted by Gasteiger charge is 2.06. The van der Waals surface area contributed by atoms with Gasteiger partial charge in [-0.25, -0.2) is 4.98 Å². The average molecular weight is 230 g/mol. The summed E-state index contributed by atoms with van der Waals surface area (Å²) in [4.78, 5) is 4.63. The van der Waals surface area contributed by atoms with Crippen molar-refractivity contribution in [2.45, 2.75) is 19.8 Å². The second-order valence-corrected chi connectivity index (χ2v) is 4.16. The van der Waals surface area contributed by atoms with Gasteiger partial charge in [0, 0.05) is 11.1 Å². The molecule has 0 amide bonds. The minimum atomic E-state index is 0.718. The Morgan fingerprint density at radius 1 is 1.35 bits per heavy atom. The van der Waals surface area contributed by atoms with Crippen molar-refractivity contribution in [3.63, 3.8) is 0 Å². The molecule has 2 N–H and O–H groups in total. The van der Waals surface area contributed by atoms with Crippen LogP contribution in [0.3, 0.4) is 0 Å². The van der Waals surface area contributed by atoms with Crippen LogP contribution in [0.5, 0.6) is 5.75 Å². The van der Waals surface area contributed by atoms with Gasteiger partial charge in [-0.2, -0.15) is 0 Å². The monoisotopic (exact) mass is 230 g/mol. The van der Waals surface area contributed by atoms with E-state index in [4.69, 9.17) is 10.5 Å². The van der Waals surface area contributed by atoms with Crippen LogP contribution < -0.4 is 10.5 Å². The van der Waals surface area contributed by atoms with Crippen molar-refractivity contribution in [2.24, 2.45) is 5.73 Å². The lowest BCUT2D eigenvalue weighted by Gasteiger charge is -2.09. The summed E-state index contributed by atoms with van der Waals surface area (Å²) in [5.74, 6) is 0.830. The molecule has 90 valence electrons. The van der Waals surface area contributed by atoms with Crippen LogP contribution in [0.1, 0.15) is 17.7 Å². The van der Waals surface area contributed by atoms with E-state index in [1.54, 1.807) is 7.11 Å². The number of nitrogens with two attached hydrogens (primary N) is 1.